The van der Waals surface area contributed by atoms with Crippen LogP contribution in [0.5, 0.6) is 5.75 Å². The summed E-state index contributed by atoms with van der Waals surface area (Å²) < 4.78 is 62.2. The highest BCUT2D eigenvalue weighted by atomic mass is 35.5. The maximum Gasteiger partial charge on any atom is 0.433 e. The van der Waals surface area contributed by atoms with E-state index in [9.17, 15) is 22.4 Å². The van der Waals surface area contributed by atoms with E-state index in [1.807, 2.05) is 0 Å². The SMILES string of the molecule is COc1ccc(-c2cc(C(F)(F)F)n3nc(C(=O)Nc4nn(Cc5cccc(F)c5)cc4Cl)cc3n2)cc1. The molecule has 1 N–H and O–H groups in total. The van der Waals surface area contributed by atoms with E-state index in [1.165, 1.54) is 30.1 Å². The second kappa shape index (κ2) is 9.78. The van der Waals surface area contributed by atoms with Gasteiger partial charge in [0.1, 0.15) is 16.6 Å². The molecule has 0 atom stereocenters. The molecule has 0 saturated carbocycles. The average molecular weight is 545 g/mol. The van der Waals surface area contributed by atoms with E-state index in [0.717, 1.165) is 12.1 Å². The van der Waals surface area contributed by atoms with Gasteiger partial charge in [-0.15, -0.1) is 0 Å². The molecule has 0 unspecified atom stereocenters. The van der Waals surface area contributed by atoms with Gasteiger partial charge in [0.05, 0.1) is 19.3 Å². The van der Waals surface area contributed by atoms with Crippen LogP contribution in [0.15, 0.2) is 66.9 Å². The molecule has 5 rings (SSSR count). The van der Waals surface area contributed by atoms with Crippen LogP contribution in [0.1, 0.15) is 21.7 Å². The molecule has 2 aromatic carbocycles. The topological polar surface area (TPSA) is 86.3 Å². The fraction of sp³-hybridized carbons (Fsp3) is 0.120. The molecule has 0 saturated heterocycles. The normalized spacial score (nSPS) is 11.6. The summed E-state index contributed by atoms with van der Waals surface area (Å²) in [5.74, 6) is -0.755. The molecule has 38 heavy (non-hydrogen) atoms. The summed E-state index contributed by atoms with van der Waals surface area (Å²) in [6.07, 6.45) is -3.35. The Hall–Kier alpha value is -4.45. The molecule has 0 aliphatic rings. The second-order valence-corrected chi connectivity index (χ2v) is 8.57. The number of hydrogen-bond acceptors (Lipinski definition) is 5. The highest BCUT2D eigenvalue weighted by Crippen LogP contribution is 2.33. The molecule has 0 spiro atoms. The van der Waals surface area contributed by atoms with Crippen LogP contribution in [0.3, 0.4) is 0 Å². The largest absolute Gasteiger partial charge is 0.497 e. The molecule has 3 aromatic heterocycles. The molecule has 0 aliphatic heterocycles. The van der Waals surface area contributed by atoms with Gasteiger partial charge in [0, 0.05) is 17.8 Å². The zero-order chi connectivity index (χ0) is 27.0. The molecule has 5 aromatic rings. The predicted octanol–water partition coefficient (Wildman–Crippen LogP) is 5.71. The predicted molar refractivity (Wildman–Crippen MR) is 131 cm³/mol. The van der Waals surface area contributed by atoms with Crippen molar-refractivity contribution in [1.82, 2.24) is 24.4 Å². The number of hydrogen-bond donors (Lipinski definition) is 1. The van der Waals surface area contributed by atoms with Crippen molar-refractivity contribution in [3.63, 3.8) is 0 Å². The number of amides is 1. The number of carbonyl (C=O) groups is 1. The Morgan fingerprint density at radius 3 is 2.53 bits per heavy atom. The summed E-state index contributed by atoms with van der Waals surface area (Å²) in [5.41, 5.74) is -0.546. The molecule has 3 heterocycles. The van der Waals surface area contributed by atoms with Crippen molar-refractivity contribution in [1.29, 1.82) is 0 Å². The molecule has 194 valence electrons. The standard InChI is InChI=1S/C25H17ClF4N6O2/c1-38-17-7-5-15(6-8-17)19-10-21(25(28,29)30)36-22(31-19)11-20(33-36)24(37)32-23-18(26)13-35(34-23)12-14-3-2-4-16(27)9-14/h2-11,13H,12H2,1H3,(H,32,34,37). The van der Waals surface area contributed by atoms with Crippen LogP contribution >= 0.6 is 11.6 Å². The molecule has 13 heteroatoms. The molecule has 1 amide bonds. The van der Waals surface area contributed by atoms with Crippen LogP contribution in [-0.4, -0.2) is 37.4 Å². The molecule has 8 nitrogen and oxygen atoms in total. The number of methoxy groups -OCH3 is 1. The Kier molecular flexibility index (Phi) is 6.49. The van der Waals surface area contributed by atoms with Crippen LogP contribution < -0.4 is 10.1 Å². The lowest BCUT2D eigenvalue weighted by molar-refractivity contribution is -0.142. The first-order valence-corrected chi connectivity index (χ1v) is 11.4. The van der Waals surface area contributed by atoms with E-state index in [2.05, 4.69) is 20.5 Å². The van der Waals surface area contributed by atoms with E-state index < -0.39 is 23.6 Å². The maximum atomic E-state index is 13.9. The zero-order valence-corrected chi connectivity index (χ0v) is 20.3. The zero-order valence-electron chi connectivity index (χ0n) is 19.5. The van der Waals surface area contributed by atoms with Crippen molar-refractivity contribution < 1.29 is 27.1 Å². The summed E-state index contributed by atoms with van der Waals surface area (Å²) in [6.45, 7) is 0.175. The van der Waals surface area contributed by atoms with Crippen LogP contribution in [0, 0.1) is 5.82 Å². The number of benzene rings is 2. The van der Waals surface area contributed by atoms with Gasteiger partial charge in [-0.3, -0.25) is 9.48 Å². The number of aromatic nitrogens is 5. The Bertz CT molecular complexity index is 1650. The van der Waals surface area contributed by atoms with Gasteiger partial charge in [0.2, 0.25) is 0 Å². The molecule has 0 radical (unpaired) electrons. The summed E-state index contributed by atoms with van der Waals surface area (Å²) in [7, 11) is 1.47. The Morgan fingerprint density at radius 1 is 1.08 bits per heavy atom. The minimum absolute atomic E-state index is 0.0342. The van der Waals surface area contributed by atoms with Gasteiger partial charge in [0.15, 0.2) is 22.9 Å². The smallest absolute Gasteiger partial charge is 0.433 e. The second-order valence-electron chi connectivity index (χ2n) is 8.16. The van der Waals surface area contributed by atoms with E-state index in [1.54, 1.807) is 36.4 Å². The van der Waals surface area contributed by atoms with Crippen molar-refractivity contribution in [3.05, 3.63) is 94.7 Å². The molecule has 0 fully saturated rings. The van der Waals surface area contributed by atoms with Gasteiger partial charge in [0.25, 0.3) is 5.91 Å². The van der Waals surface area contributed by atoms with E-state index >= 15 is 0 Å². The number of ether oxygens (including phenoxy) is 1. The third kappa shape index (κ3) is 5.16. The summed E-state index contributed by atoms with van der Waals surface area (Å²) in [6, 6.07) is 14.2. The van der Waals surface area contributed by atoms with Crippen molar-refractivity contribution in [3.8, 4) is 17.0 Å². The third-order valence-electron chi connectivity index (χ3n) is 5.52. The summed E-state index contributed by atoms with van der Waals surface area (Å²) in [5, 5.41) is 10.5. The monoisotopic (exact) mass is 544 g/mol. The fourth-order valence-electron chi connectivity index (χ4n) is 3.75. The quantitative estimate of drug-likeness (QED) is 0.277. The van der Waals surface area contributed by atoms with Crippen LogP contribution in [0.4, 0.5) is 23.4 Å². The first-order chi connectivity index (χ1) is 18.1. The number of alkyl halides is 3. The summed E-state index contributed by atoms with van der Waals surface area (Å²) in [4.78, 5) is 17.1. The fourth-order valence-corrected chi connectivity index (χ4v) is 3.95. The van der Waals surface area contributed by atoms with E-state index in [-0.39, 0.29) is 34.4 Å². The molecule has 0 bridgehead atoms. The van der Waals surface area contributed by atoms with Crippen molar-refractivity contribution in [2.45, 2.75) is 12.7 Å². The van der Waals surface area contributed by atoms with Crippen molar-refractivity contribution in [2.75, 3.05) is 12.4 Å². The van der Waals surface area contributed by atoms with Gasteiger partial charge in [-0.25, -0.2) is 13.9 Å². The van der Waals surface area contributed by atoms with Crippen molar-refractivity contribution >= 4 is 29.0 Å². The van der Waals surface area contributed by atoms with Gasteiger partial charge in [-0.2, -0.15) is 23.4 Å². The Balaban J connectivity index is 1.44. The lowest BCUT2D eigenvalue weighted by atomic mass is 10.1. The number of anilines is 1. The number of fused-ring (bicyclic) bond motifs is 1. The first-order valence-electron chi connectivity index (χ1n) is 11.0. The maximum absolute atomic E-state index is 13.9. The van der Waals surface area contributed by atoms with Crippen LogP contribution in [0.2, 0.25) is 5.02 Å². The minimum Gasteiger partial charge on any atom is -0.497 e. The lowest BCUT2D eigenvalue weighted by Gasteiger charge is -2.11. The number of halogens is 5. The highest BCUT2D eigenvalue weighted by Gasteiger charge is 2.35. The van der Waals surface area contributed by atoms with Gasteiger partial charge < -0.3 is 10.1 Å². The average Bonchev–Trinajstić information content (AvgIpc) is 3.45. The Morgan fingerprint density at radius 2 is 1.84 bits per heavy atom. The first kappa shape index (κ1) is 25.2. The molecular formula is C25H17ClF4N6O2. The summed E-state index contributed by atoms with van der Waals surface area (Å²) >= 11 is 6.18. The van der Waals surface area contributed by atoms with E-state index in [0.29, 0.717) is 21.4 Å². The van der Waals surface area contributed by atoms with Gasteiger partial charge >= 0.3 is 6.18 Å². The third-order valence-corrected chi connectivity index (χ3v) is 5.80. The van der Waals surface area contributed by atoms with Crippen LogP contribution in [0.25, 0.3) is 16.9 Å². The number of carbonyl (C=O) groups excluding carboxylic acids is 1. The number of nitrogens with one attached hydrogen (secondary N) is 1. The minimum atomic E-state index is -4.78. The number of nitrogens with zero attached hydrogens (tertiary/aromatic N) is 5. The highest BCUT2D eigenvalue weighted by molar-refractivity contribution is 6.33. The van der Waals surface area contributed by atoms with Crippen molar-refractivity contribution in [2.24, 2.45) is 0 Å². The lowest BCUT2D eigenvalue weighted by Crippen LogP contribution is -2.16. The van der Waals surface area contributed by atoms with Crippen LogP contribution in [-0.2, 0) is 12.7 Å². The number of rotatable bonds is 6. The molecular weight excluding hydrogens is 528 g/mol. The van der Waals surface area contributed by atoms with Gasteiger partial charge in [-0.1, -0.05) is 23.7 Å². The Labute approximate surface area is 217 Å². The molecule has 0 aliphatic carbocycles. The van der Waals surface area contributed by atoms with E-state index in [4.69, 9.17) is 16.3 Å². The van der Waals surface area contributed by atoms with Gasteiger partial charge in [-0.05, 0) is 48.0 Å².